The van der Waals surface area contributed by atoms with Crippen LogP contribution in [0.25, 0.3) is 0 Å². The van der Waals surface area contributed by atoms with Gasteiger partial charge in [0, 0.05) is 17.1 Å². The molecule has 0 bridgehead atoms. The van der Waals surface area contributed by atoms with Crippen LogP contribution in [0.5, 0.6) is 0 Å². The van der Waals surface area contributed by atoms with Crippen molar-refractivity contribution in [3.05, 3.63) is 66.7 Å². The van der Waals surface area contributed by atoms with E-state index in [1.54, 1.807) is 49.4 Å². The van der Waals surface area contributed by atoms with Gasteiger partial charge in [-0.05, 0) is 49.4 Å². The highest BCUT2D eigenvalue weighted by molar-refractivity contribution is 6.01. The fourth-order valence-corrected chi connectivity index (χ4v) is 1.79. The normalized spacial score (nSPS) is 10.2. The Bertz CT molecular complexity index is 664. The molecular formula is C17H17N3O2. The van der Waals surface area contributed by atoms with Crippen molar-refractivity contribution in [1.29, 1.82) is 0 Å². The zero-order chi connectivity index (χ0) is 15.8. The van der Waals surface area contributed by atoms with Crippen molar-refractivity contribution < 1.29 is 9.59 Å². The largest absolute Gasteiger partial charge is 0.323 e. The predicted molar refractivity (Wildman–Crippen MR) is 89.0 cm³/mol. The molecule has 2 aromatic carbocycles. The molecule has 0 spiro atoms. The second kappa shape index (κ2) is 7.64. The van der Waals surface area contributed by atoms with E-state index < -0.39 is 0 Å². The summed E-state index contributed by atoms with van der Waals surface area (Å²) in [6.45, 7) is 1.78. The number of hydrogen-bond donors (Lipinski definition) is 3. The van der Waals surface area contributed by atoms with Gasteiger partial charge >= 0.3 is 6.03 Å². The van der Waals surface area contributed by atoms with Crippen molar-refractivity contribution in [2.45, 2.75) is 6.92 Å². The average Bonchev–Trinajstić information content (AvgIpc) is 2.50. The number of carbonyl (C=O) groups excluding carboxylic acids is 2. The molecule has 2 aromatic rings. The number of para-hydroxylation sites is 1. The van der Waals surface area contributed by atoms with Crippen molar-refractivity contribution >= 4 is 29.0 Å². The Hall–Kier alpha value is -3.08. The molecule has 0 aliphatic rings. The lowest BCUT2D eigenvalue weighted by molar-refractivity contribution is -0.111. The molecule has 0 aliphatic heterocycles. The minimum atomic E-state index is -0.322. The highest BCUT2D eigenvalue weighted by Crippen LogP contribution is 2.14. The number of rotatable bonds is 4. The van der Waals surface area contributed by atoms with Crippen LogP contribution in [0.15, 0.2) is 66.7 Å². The summed E-state index contributed by atoms with van der Waals surface area (Å²) >= 11 is 0. The van der Waals surface area contributed by atoms with Crippen molar-refractivity contribution in [3.8, 4) is 0 Å². The highest BCUT2D eigenvalue weighted by atomic mass is 16.2. The third-order valence-corrected chi connectivity index (χ3v) is 2.76. The minimum absolute atomic E-state index is 0.190. The van der Waals surface area contributed by atoms with Crippen LogP contribution >= 0.6 is 0 Å². The molecule has 3 amide bonds. The highest BCUT2D eigenvalue weighted by Gasteiger charge is 2.03. The van der Waals surface area contributed by atoms with Gasteiger partial charge in [0.25, 0.3) is 0 Å². The third-order valence-electron chi connectivity index (χ3n) is 2.76. The van der Waals surface area contributed by atoms with Gasteiger partial charge in [-0.15, -0.1) is 0 Å². The van der Waals surface area contributed by atoms with Crippen LogP contribution in [0, 0.1) is 0 Å². The number of nitrogens with one attached hydrogen (secondary N) is 3. The number of urea groups is 1. The quantitative estimate of drug-likeness (QED) is 0.750. The van der Waals surface area contributed by atoms with Gasteiger partial charge in [-0.2, -0.15) is 0 Å². The molecule has 0 saturated carbocycles. The van der Waals surface area contributed by atoms with E-state index in [4.69, 9.17) is 0 Å². The summed E-state index contributed by atoms with van der Waals surface area (Å²) < 4.78 is 0. The van der Waals surface area contributed by atoms with Gasteiger partial charge in [0.15, 0.2) is 0 Å². The fraction of sp³-hybridized carbons (Fsp3) is 0.0588. The Kier molecular flexibility index (Phi) is 5.31. The number of amides is 3. The van der Waals surface area contributed by atoms with Crippen LogP contribution in [0.4, 0.5) is 21.9 Å². The molecule has 5 heteroatoms. The summed E-state index contributed by atoms with van der Waals surface area (Å²) in [6.07, 6.45) is 3.11. The van der Waals surface area contributed by atoms with Crippen LogP contribution < -0.4 is 16.0 Å². The molecule has 0 aliphatic carbocycles. The monoisotopic (exact) mass is 295 g/mol. The van der Waals surface area contributed by atoms with Gasteiger partial charge < -0.3 is 16.0 Å². The summed E-state index contributed by atoms with van der Waals surface area (Å²) in [5, 5.41) is 8.15. The Labute approximate surface area is 129 Å². The van der Waals surface area contributed by atoms with Crippen LogP contribution in [-0.2, 0) is 4.79 Å². The molecule has 112 valence electrons. The SMILES string of the molecule is C/C=C/C(=O)Nc1ccc(NC(=O)Nc2ccccc2)cc1. The van der Waals surface area contributed by atoms with E-state index in [1.165, 1.54) is 6.08 Å². The number of hydrogen-bond acceptors (Lipinski definition) is 2. The van der Waals surface area contributed by atoms with Crippen LogP contribution in [-0.4, -0.2) is 11.9 Å². The van der Waals surface area contributed by atoms with Crippen molar-refractivity contribution in [2.75, 3.05) is 16.0 Å². The predicted octanol–water partition coefficient (Wildman–Crippen LogP) is 3.85. The van der Waals surface area contributed by atoms with E-state index in [0.29, 0.717) is 11.4 Å². The van der Waals surface area contributed by atoms with Crippen molar-refractivity contribution in [2.24, 2.45) is 0 Å². The lowest BCUT2D eigenvalue weighted by Crippen LogP contribution is -2.19. The average molecular weight is 295 g/mol. The first-order valence-electron chi connectivity index (χ1n) is 6.84. The molecule has 3 N–H and O–H groups in total. The van der Waals surface area contributed by atoms with Gasteiger partial charge in [-0.25, -0.2) is 4.79 Å². The molecule has 0 heterocycles. The minimum Gasteiger partial charge on any atom is -0.323 e. The van der Waals surface area contributed by atoms with Gasteiger partial charge in [0.2, 0.25) is 5.91 Å². The van der Waals surface area contributed by atoms with Crippen LogP contribution in [0.3, 0.4) is 0 Å². The molecule has 0 atom stereocenters. The number of allylic oxidation sites excluding steroid dienone is 1. The molecule has 0 aromatic heterocycles. The third kappa shape index (κ3) is 4.79. The van der Waals surface area contributed by atoms with Gasteiger partial charge in [-0.1, -0.05) is 24.3 Å². The maximum atomic E-state index is 11.8. The zero-order valence-electron chi connectivity index (χ0n) is 12.2. The molecule has 0 unspecified atom stereocenters. The molecule has 2 rings (SSSR count). The Morgan fingerprint density at radius 1 is 0.773 bits per heavy atom. The van der Waals surface area contributed by atoms with E-state index in [2.05, 4.69) is 16.0 Å². The molecular weight excluding hydrogens is 278 g/mol. The van der Waals surface area contributed by atoms with Crippen LogP contribution in [0.1, 0.15) is 6.92 Å². The summed E-state index contributed by atoms with van der Waals surface area (Å²) in [5.41, 5.74) is 2.02. The van der Waals surface area contributed by atoms with Crippen molar-refractivity contribution in [3.63, 3.8) is 0 Å². The zero-order valence-corrected chi connectivity index (χ0v) is 12.2. The van der Waals surface area contributed by atoms with E-state index in [9.17, 15) is 9.59 Å². The Balaban J connectivity index is 1.91. The maximum absolute atomic E-state index is 11.8. The summed E-state index contributed by atoms with van der Waals surface area (Å²) in [6, 6.07) is 15.7. The smallest absolute Gasteiger partial charge is 0.323 e. The van der Waals surface area contributed by atoms with Crippen LogP contribution in [0.2, 0.25) is 0 Å². The topological polar surface area (TPSA) is 70.2 Å². The van der Waals surface area contributed by atoms with Crippen molar-refractivity contribution in [1.82, 2.24) is 0 Å². The summed E-state index contributed by atoms with van der Waals surface area (Å²) in [5.74, 6) is -0.190. The Morgan fingerprint density at radius 2 is 1.27 bits per heavy atom. The fourth-order valence-electron chi connectivity index (χ4n) is 1.79. The number of anilines is 3. The first-order valence-corrected chi connectivity index (χ1v) is 6.84. The van der Waals surface area contributed by atoms with Gasteiger partial charge in [0.1, 0.15) is 0 Å². The van der Waals surface area contributed by atoms with Gasteiger partial charge in [0.05, 0.1) is 0 Å². The lowest BCUT2D eigenvalue weighted by Gasteiger charge is -2.08. The molecule has 0 radical (unpaired) electrons. The second-order valence-corrected chi connectivity index (χ2v) is 4.51. The van der Waals surface area contributed by atoms with E-state index in [0.717, 1.165) is 5.69 Å². The molecule has 22 heavy (non-hydrogen) atoms. The van der Waals surface area contributed by atoms with E-state index >= 15 is 0 Å². The molecule has 0 saturated heterocycles. The van der Waals surface area contributed by atoms with Gasteiger partial charge in [-0.3, -0.25) is 4.79 Å². The standard InChI is InChI=1S/C17H17N3O2/c1-2-6-16(21)18-14-9-11-15(12-10-14)20-17(22)19-13-7-4-3-5-8-13/h2-12H,1H3,(H,18,21)(H2,19,20,22)/b6-2+. The van der Waals surface area contributed by atoms with E-state index in [-0.39, 0.29) is 11.9 Å². The first-order chi connectivity index (χ1) is 10.7. The molecule has 5 nitrogen and oxygen atoms in total. The van der Waals surface area contributed by atoms with E-state index in [1.807, 2.05) is 18.2 Å². The summed E-state index contributed by atoms with van der Waals surface area (Å²) in [4.78, 5) is 23.2. The first kappa shape index (κ1) is 15.3. The summed E-state index contributed by atoms with van der Waals surface area (Å²) in [7, 11) is 0. The second-order valence-electron chi connectivity index (χ2n) is 4.51. The Morgan fingerprint density at radius 3 is 1.82 bits per heavy atom. The number of benzene rings is 2. The lowest BCUT2D eigenvalue weighted by atomic mass is 10.2. The number of carbonyl (C=O) groups is 2. The molecule has 0 fully saturated rings. The maximum Gasteiger partial charge on any atom is 0.323 e.